The van der Waals surface area contributed by atoms with Crippen molar-refractivity contribution < 1.29 is 19.2 Å². The standard InChI is InChI=1S/C24H20N2O5/c1-16-22(17-6-4-3-5-7-17)23(27)25(19-10-12-20(13-11-19)26(28)29)24(31-16)18-8-14-21(30-2)15-9-18/h3-15,24H,1-2H3. The number of nitro benzene ring substituents is 1. The number of rotatable bonds is 5. The zero-order valence-corrected chi connectivity index (χ0v) is 17.0. The number of ether oxygens (including phenoxy) is 2. The van der Waals surface area contributed by atoms with Crippen LogP contribution in [0.1, 0.15) is 24.3 Å². The number of non-ortho nitro benzene ring substituents is 1. The fourth-order valence-electron chi connectivity index (χ4n) is 3.56. The van der Waals surface area contributed by atoms with E-state index in [1.165, 1.54) is 17.0 Å². The summed E-state index contributed by atoms with van der Waals surface area (Å²) in [4.78, 5) is 25.8. The van der Waals surface area contributed by atoms with E-state index in [4.69, 9.17) is 9.47 Å². The quantitative estimate of drug-likeness (QED) is 0.427. The predicted octanol–water partition coefficient (Wildman–Crippen LogP) is 5.10. The number of anilines is 1. The van der Waals surface area contributed by atoms with Crippen LogP contribution in [0.15, 0.2) is 84.6 Å². The van der Waals surface area contributed by atoms with E-state index in [0.29, 0.717) is 22.8 Å². The zero-order chi connectivity index (χ0) is 22.0. The molecule has 1 heterocycles. The van der Waals surface area contributed by atoms with Crippen molar-refractivity contribution in [1.29, 1.82) is 0 Å². The molecule has 1 aliphatic heterocycles. The molecule has 0 aromatic heterocycles. The molecule has 7 heteroatoms. The lowest BCUT2D eigenvalue weighted by Crippen LogP contribution is -2.40. The molecule has 31 heavy (non-hydrogen) atoms. The van der Waals surface area contributed by atoms with Crippen molar-refractivity contribution in [3.8, 4) is 5.75 Å². The third-order valence-electron chi connectivity index (χ3n) is 5.11. The predicted molar refractivity (Wildman–Crippen MR) is 116 cm³/mol. The van der Waals surface area contributed by atoms with Gasteiger partial charge in [0.1, 0.15) is 11.5 Å². The van der Waals surface area contributed by atoms with Crippen molar-refractivity contribution in [3.63, 3.8) is 0 Å². The van der Waals surface area contributed by atoms with Gasteiger partial charge >= 0.3 is 0 Å². The van der Waals surface area contributed by atoms with Gasteiger partial charge in [-0.25, -0.2) is 0 Å². The fraction of sp³-hybridized carbons (Fsp3) is 0.125. The number of hydrogen-bond acceptors (Lipinski definition) is 5. The van der Waals surface area contributed by atoms with E-state index in [0.717, 1.165) is 11.1 Å². The molecule has 0 radical (unpaired) electrons. The van der Waals surface area contributed by atoms with Crippen molar-refractivity contribution >= 4 is 22.9 Å². The minimum atomic E-state index is -0.729. The highest BCUT2D eigenvalue weighted by Crippen LogP contribution is 2.40. The van der Waals surface area contributed by atoms with Gasteiger partial charge in [-0.1, -0.05) is 30.3 Å². The van der Waals surface area contributed by atoms with E-state index in [9.17, 15) is 14.9 Å². The van der Waals surface area contributed by atoms with Crippen molar-refractivity contribution in [2.75, 3.05) is 12.0 Å². The Hall–Kier alpha value is -4.13. The first kappa shape index (κ1) is 20.2. The number of benzene rings is 3. The second kappa shape index (κ2) is 8.31. The number of carbonyl (C=O) groups excluding carboxylic acids is 1. The van der Waals surface area contributed by atoms with Crippen LogP contribution in [-0.4, -0.2) is 17.9 Å². The number of nitro groups is 1. The van der Waals surface area contributed by atoms with E-state index < -0.39 is 11.2 Å². The molecule has 0 saturated carbocycles. The first-order valence-corrected chi connectivity index (χ1v) is 9.64. The van der Waals surface area contributed by atoms with Crippen LogP contribution in [0.4, 0.5) is 11.4 Å². The van der Waals surface area contributed by atoms with Crippen molar-refractivity contribution in [3.05, 3.63) is 106 Å². The van der Waals surface area contributed by atoms with E-state index >= 15 is 0 Å². The molecular weight excluding hydrogens is 396 g/mol. The molecule has 0 aliphatic carbocycles. The van der Waals surface area contributed by atoms with Crippen LogP contribution in [-0.2, 0) is 9.53 Å². The molecule has 1 amide bonds. The maximum atomic E-state index is 13.7. The van der Waals surface area contributed by atoms with Crippen LogP contribution in [0.25, 0.3) is 5.57 Å². The van der Waals surface area contributed by atoms with E-state index in [1.54, 1.807) is 38.3 Å². The number of methoxy groups -OCH3 is 1. The molecule has 1 unspecified atom stereocenters. The number of carbonyl (C=O) groups is 1. The smallest absolute Gasteiger partial charge is 0.269 e. The first-order chi connectivity index (χ1) is 15.0. The summed E-state index contributed by atoms with van der Waals surface area (Å²) < 4.78 is 11.5. The molecule has 1 aliphatic rings. The second-order valence-corrected chi connectivity index (χ2v) is 6.99. The summed E-state index contributed by atoms with van der Waals surface area (Å²) in [5.41, 5.74) is 2.38. The maximum absolute atomic E-state index is 13.7. The Labute approximate surface area is 179 Å². The Morgan fingerprint density at radius 1 is 0.968 bits per heavy atom. The van der Waals surface area contributed by atoms with Crippen molar-refractivity contribution in [1.82, 2.24) is 0 Å². The van der Waals surface area contributed by atoms with Crippen LogP contribution < -0.4 is 9.64 Å². The number of hydrogen-bond donors (Lipinski definition) is 0. The molecule has 3 aromatic rings. The lowest BCUT2D eigenvalue weighted by atomic mass is 10.00. The topological polar surface area (TPSA) is 81.9 Å². The van der Waals surface area contributed by atoms with Gasteiger partial charge in [-0.15, -0.1) is 0 Å². The highest BCUT2D eigenvalue weighted by molar-refractivity contribution is 6.27. The van der Waals surface area contributed by atoms with Crippen LogP contribution >= 0.6 is 0 Å². The van der Waals surface area contributed by atoms with Gasteiger partial charge in [0.15, 0.2) is 0 Å². The molecule has 0 spiro atoms. The molecule has 1 atom stereocenters. The molecule has 4 rings (SSSR count). The summed E-state index contributed by atoms with van der Waals surface area (Å²) in [6.07, 6.45) is -0.729. The first-order valence-electron chi connectivity index (χ1n) is 9.64. The molecule has 0 fully saturated rings. The molecule has 7 nitrogen and oxygen atoms in total. The van der Waals surface area contributed by atoms with Gasteiger partial charge in [0.05, 0.1) is 17.6 Å². The SMILES string of the molecule is COc1ccc(C2OC(C)=C(c3ccccc3)C(=O)N2c2ccc([N+](=O)[O-])cc2)cc1. The minimum Gasteiger partial charge on any atom is -0.497 e. The molecule has 0 N–H and O–H groups in total. The average molecular weight is 416 g/mol. The Kier molecular flexibility index (Phi) is 5.41. The van der Waals surface area contributed by atoms with Crippen LogP contribution in [0, 0.1) is 10.1 Å². The van der Waals surface area contributed by atoms with E-state index in [1.807, 2.05) is 42.5 Å². The van der Waals surface area contributed by atoms with Gasteiger partial charge in [0, 0.05) is 23.4 Å². The summed E-state index contributed by atoms with van der Waals surface area (Å²) >= 11 is 0. The largest absolute Gasteiger partial charge is 0.497 e. The summed E-state index contributed by atoms with van der Waals surface area (Å²) in [5.74, 6) is 0.949. The second-order valence-electron chi connectivity index (χ2n) is 6.99. The number of amides is 1. The maximum Gasteiger partial charge on any atom is 0.269 e. The third kappa shape index (κ3) is 3.85. The lowest BCUT2D eigenvalue weighted by molar-refractivity contribution is -0.384. The van der Waals surface area contributed by atoms with Crippen LogP contribution in [0.2, 0.25) is 0 Å². The van der Waals surface area contributed by atoms with Gasteiger partial charge < -0.3 is 9.47 Å². The summed E-state index contributed by atoms with van der Waals surface area (Å²) in [6.45, 7) is 1.77. The Bertz CT molecular complexity index is 1140. The lowest BCUT2D eigenvalue weighted by Gasteiger charge is -2.37. The normalized spacial score (nSPS) is 16.1. The Morgan fingerprint density at radius 2 is 1.61 bits per heavy atom. The fourth-order valence-corrected chi connectivity index (χ4v) is 3.56. The average Bonchev–Trinajstić information content (AvgIpc) is 2.79. The summed E-state index contributed by atoms with van der Waals surface area (Å²) in [7, 11) is 1.58. The molecule has 3 aromatic carbocycles. The van der Waals surface area contributed by atoms with Crippen LogP contribution in [0.3, 0.4) is 0 Å². The molecule has 0 saturated heterocycles. The molecule has 156 valence electrons. The third-order valence-corrected chi connectivity index (χ3v) is 5.11. The van der Waals surface area contributed by atoms with E-state index in [2.05, 4.69) is 0 Å². The Balaban J connectivity index is 1.82. The zero-order valence-electron chi connectivity index (χ0n) is 17.0. The number of allylic oxidation sites excluding steroid dienone is 1. The number of nitrogens with zero attached hydrogens (tertiary/aromatic N) is 2. The highest BCUT2D eigenvalue weighted by Gasteiger charge is 2.37. The van der Waals surface area contributed by atoms with Crippen LogP contribution in [0.5, 0.6) is 5.75 Å². The van der Waals surface area contributed by atoms with Gasteiger partial charge in [0.2, 0.25) is 6.23 Å². The summed E-state index contributed by atoms with van der Waals surface area (Å²) in [5, 5.41) is 11.1. The van der Waals surface area contributed by atoms with Crippen molar-refractivity contribution in [2.24, 2.45) is 0 Å². The van der Waals surface area contributed by atoms with E-state index in [-0.39, 0.29) is 11.6 Å². The molecular formula is C24H20N2O5. The summed E-state index contributed by atoms with van der Waals surface area (Å²) in [6, 6.07) is 22.4. The van der Waals surface area contributed by atoms with Crippen molar-refractivity contribution in [2.45, 2.75) is 13.2 Å². The Morgan fingerprint density at radius 3 is 2.19 bits per heavy atom. The minimum absolute atomic E-state index is 0.0508. The van der Waals surface area contributed by atoms with Gasteiger partial charge in [-0.2, -0.15) is 0 Å². The van der Waals surface area contributed by atoms with Gasteiger partial charge in [-0.05, 0) is 48.9 Å². The van der Waals surface area contributed by atoms with Gasteiger partial charge in [0.25, 0.3) is 11.6 Å². The highest BCUT2D eigenvalue weighted by atomic mass is 16.6. The monoisotopic (exact) mass is 416 g/mol. The van der Waals surface area contributed by atoms with Gasteiger partial charge in [-0.3, -0.25) is 19.8 Å². The molecule has 0 bridgehead atoms.